The van der Waals surface area contributed by atoms with Crippen molar-refractivity contribution in [3.05, 3.63) is 59.7 Å². The number of carbonyl (C=O) groups excluding carboxylic acids is 1. The van der Waals surface area contributed by atoms with Crippen molar-refractivity contribution in [2.24, 2.45) is 0 Å². The lowest BCUT2D eigenvalue weighted by Crippen LogP contribution is -2.18. The molecule has 0 aliphatic heterocycles. The van der Waals surface area contributed by atoms with Crippen molar-refractivity contribution < 1.29 is 9.53 Å². The monoisotopic (exact) mass is 287 g/mol. The zero-order valence-electron chi connectivity index (χ0n) is 11.6. The molecule has 0 radical (unpaired) electrons. The molecule has 0 unspecified atom stereocenters. The van der Waals surface area contributed by atoms with E-state index in [1.165, 1.54) is 5.56 Å². The summed E-state index contributed by atoms with van der Waals surface area (Å²) in [6.07, 6.45) is 0. The average molecular weight is 287 g/mol. The second-order valence-electron chi connectivity index (χ2n) is 4.19. The highest BCUT2D eigenvalue weighted by molar-refractivity contribution is 7.98. The molecule has 104 valence electrons. The maximum atomic E-state index is 11.9. The molecule has 0 saturated carbocycles. The van der Waals surface area contributed by atoms with Gasteiger partial charge in [-0.2, -0.15) is 0 Å². The molecule has 0 fully saturated rings. The molecule has 2 aromatic carbocycles. The summed E-state index contributed by atoms with van der Waals surface area (Å²) in [7, 11) is 3.25. The van der Waals surface area contributed by atoms with E-state index in [-0.39, 0.29) is 5.91 Å². The van der Waals surface area contributed by atoms with Gasteiger partial charge in [0.2, 0.25) is 0 Å². The largest absolute Gasteiger partial charge is 0.496 e. The normalized spacial score (nSPS) is 10.1. The van der Waals surface area contributed by atoms with Gasteiger partial charge in [0.15, 0.2) is 0 Å². The smallest absolute Gasteiger partial charge is 0.252 e. The van der Waals surface area contributed by atoms with E-state index in [9.17, 15) is 4.79 Å². The van der Waals surface area contributed by atoms with Crippen LogP contribution in [0.5, 0.6) is 5.75 Å². The van der Waals surface area contributed by atoms with E-state index in [2.05, 4.69) is 17.4 Å². The van der Waals surface area contributed by atoms with Gasteiger partial charge >= 0.3 is 0 Å². The van der Waals surface area contributed by atoms with Gasteiger partial charge in [0, 0.05) is 12.8 Å². The fourth-order valence-corrected chi connectivity index (χ4v) is 2.98. The molecule has 0 atom stereocenters. The minimum absolute atomic E-state index is 0.0977. The third-order valence-electron chi connectivity index (χ3n) is 2.90. The molecule has 1 amide bonds. The molecular formula is C16H17NO2S. The fourth-order valence-electron chi connectivity index (χ4n) is 1.87. The molecule has 0 aliphatic carbocycles. The lowest BCUT2D eigenvalue weighted by Gasteiger charge is -2.12. The van der Waals surface area contributed by atoms with Crippen molar-refractivity contribution >= 4 is 17.7 Å². The minimum Gasteiger partial charge on any atom is -0.496 e. The molecule has 0 saturated heterocycles. The highest BCUT2D eigenvalue weighted by Gasteiger charge is 2.15. The molecule has 4 heteroatoms. The molecule has 2 aromatic rings. The predicted octanol–water partition coefficient (Wildman–Crippen LogP) is 3.35. The van der Waals surface area contributed by atoms with Crippen LogP contribution in [0.1, 0.15) is 15.9 Å². The first kappa shape index (κ1) is 14.5. The zero-order chi connectivity index (χ0) is 14.4. The third-order valence-corrected chi connectivity index (χ3v) is 4.08. The number of thioether (sulfide) groups is 1. The van der Waals surface area contributed by atoms with Gasteiger partial charge in [-0.25, -0.2) is 0 Å². The summed E-state index contributed by atoms with van der Waals surface area (Å²) in [6.45, 7) is 0. The summed E-state index contributed by atoms with van der Waals surface area (Å²) >= 11 is 1.61. The second-order valence-corrected chi connectivity index (χ2v) is 5.18. The Morgan fingerprint density at radius 1 is 1.15 bits per heavy atom. The lowest BCUT2D eigenvalue weighted by molar-refractivity contribution is 0.0959. The maximum absolute atomic E-state index is 11.9. The van der Waals surface area contributed by atoms with Crippen molar-refractivity contribution in [1.29, 1.82) is 0 Å². The maximum Gasteiger partial charge on any atom is 0.252 e. The number of nitrogens with one attached hydrogen (secondary N) is 1. The van der Waals surface area contributed by atoms with Gasteiger partial charge in [-0.1, -0.05) is 36.4 Å². The lowest BCUT2D eigenvalue weighted by atomic mass is 10.2. The highest BCUT2D eigenvalue weighted by atomic mass is 32.2. The van der Waals surface area contributed by atoms with Crippen LogP contribution in [0.4, 0.5) is 0 Å². The van der Waals surface area contributed by atoms with Crippen molar-refractivity contribution in [3.8, 4) is 5.75 Å². The first-order valence-corrected chi connectivity index (χ1v) is 7.30. The van der Waals surface area contributed by atoms with Crippen molar-refractivity contribution in [3.63, 3.8) is 0 Å². The standard InChI is InChI=1S/C16H17NO2S/c1-17-16(18)13-9-6-10-14(19-2)15(13)20-11-12-7-4-3-5-8-12/h3-10H,11H2,1-2H3,(H,17,18). The van der Waals surface area contributed by atoms with Crippen LogP contribution in [0.3, 0.4) is 0 Å². The predicted molar refractivity (Wildman–Crippen MR) is 82.4 cm³/mol. The van der Waals surface area contributed by atoms with Crippen LogP contribution in [-0.4, -0.2) is 20.1 Å². The minimum atomic E-state index is -0.0977. The van der Waals surface area contributed by atoms with Crippen molar-refractivity contribution in [1.82, 2.24) is 5.32 Å². The Labute approximate surface area is 123 Å². The Balaban J connectivity index is 2.26. The van der Waals surface area contributed by atoms with Crippen LogP contribution in [0.25, 0.3) is 0 Å². The van der Waals surface area contributed by atoms with E-state index in [1.807, 2.05) is 36.4 Å². The van der Waals surface area contributed by atoms with E-state index >= 15 is 0 Å². The van der Waals surface area contributed by atoms with Gasteiger partial charge in [0.25, 0.3) is 5.91 Å². The van der Waals surface area contributed by atoms with E-state index in [0.717, 1.165) is 16.4 Å². The van der Waals surface area contributed by atoms with E-state index < -0.39 is 0 Å². The second kappa shape index (κ2) is 7.01. The molecule has 0 aromatic heterocycles. The Kier molecular flexibility index (Phi) is 5.07. The molecule has 1 N–H and O–H groups in total. The number of rotatable bonds is 5. The summed E-state index contributed by atoms with van der Waals surface area (Å²) in [5.74, 6) is 1.43. The first-order valence-electron chi connectivity index (χ1n) is 6.32. The molecule has 20 heavy (non-hydrogen) atoms. The van der Waals surface area contributed by atoms with Gasteiger partial charge < -0.3 is 10.1 Å². The summed E-state index contributed by atoms with van der Waals surface area (Å²) in [6, 6.07) is 15.7. The van der Waals surface area contributed by atoms with E-state index in [4.69, 9.17) is 4.74 Å². The topological polar surface area (TPSA) is 38.3 Å². The number of ether oxygens (including phenoxy) is 1. The van der Waals surface area contributed by atoms with Crippen LogP contribution in [0.15, 0.2) is 53.4 Å². The summed E-state index contributed by atoms with van der Waals surface area (Å²) in [4.78, 5) is 12.8. The number of methoxy groups -OCH3 is 1. The zero-order valence-corrected chi connectivity index (χ0v) is 12.4. The van der Waals surface area contributed by atoms with Crippen LogP contribution in [0.2, 0.25) is 0 Å². The number of hydrogen-bond acceptors (Lipinski definition) is 3. The Hall–Kier alpha value is -1.94. The van der Waals surface area contributed by atoms with Gasteiger partial charge in [0.1, 0.15) is 5.75 Å². The molecule has 0 spiro atoms. The number of benzene rings is 2. The van der Waals surface area contributed by atoms with Gasteiger partial charge in [-0.05, 0) is 17.7 Å². The number of carbonyl (C=O) groups is 1. The molecule has 2 rings (SSSR count). The Morgan fingerprint density at radius 2 is 1.90 bits per heavy atom. The van der Waals surface area contributed by atoms with Crippen molar-refractivity contribution in [2.75, 3.05) is 14.2 Å². The Bertz CT molecular complexity index is 584. The molecule has 3 nitrogen and oxygen atoms in total. The van der Waals surface area contributed by atoms with Crippen LogP contribution in [-0.2, 0) is 5.75 Å². The highest BCUT2D eigenvalue weighted by Crippen LogP contribution is 2.34. The molecule has 0 bridgehead atoms. The van der Waals surface area contributed by atoms with Crippen molar-refractivity contribution in [2.45, 2.75) is 10.6 Å². The van der Waals surface area contributed by atoms with Gasteiger partial charge in [-0.3, -0.25) is 4.79 Å². The van der Waals surface area contributed by atoms with Crippen LogP contribution in [0, 0.1) is 0 Å². The van der Waals surface area contributed by atoms with E-state index in [1.54, 1.807) is 25.9 Å². The molecule has 0 heterocycles. The first-order chi connectivity index (χ1) is 9.76. The molecular weight excluding hydrogens is 270 g/mol. The molecule has 0 aliphatic rings. The van der Waals surface area contributed by atoms with Crippen LogP contribution < -0.4 is 10.1 Å². The Morgan fingerprint density at radius 3 is 2.55 bits per heavy atom. The summed E-state index contributed by atoms with van der Waals surface area (Å²) < 4.78 is 5.37. The SMILES string of the molecule is CNC(=O)c1cccc(OC)c1SCc1ccccc1. The third kappa shape index (κ3) is 3.33. The van der Waals surface area contributed by atoms with E-state index in [0.29, 0.717) is 5.56 Å². The van der Waals surface area contributed by atoms with Crippen LogP contribution >= 0.6 is 11.8 Å². The van der Waals surface area contributed by atoms with Gasteiger partial charge in [0.05, 0.1) is 17.6 Å². The average Bonchev–Trinajstić information content (AvgIpc) is 2.52. The quantitative estimate of drug-likeness (QED) is 0.857. The number of amides is 1. The fraction of sp³-hybridized carbons (Fsp3) is 0.188. The van der Waals surface area contributed by atoms with Gasteiger partial charge in [-0.15, -0.1) is 11.8 Å². The summed E-state index contributed by atoms with van der Waals surface area (Å²) in [5, 5.41) is 2.66. The number of hydrogen-bond donors (Lipinski definition) is 1. The summed E-state index contributed by atoms with van der Waals surface area (Å²) in [5.41, 5.74) is 1.86.